The summed E-state index contributed by atoms with van der Waals surface area (Å²) in [6.07, 6.45) is 0. The molecule has 0 aromatic heterocycles. The number of amides is 1. The average molecular weight is 316 g/mol. The van der Waals surface area contributed by atoms with E-state index in [0.29, 0.717) is 19.7 Å². The van der Waals surface area contributed by atoms with Gasteiger partial charge in [0.1, 0.15) is 0 Å². The molecule has 1 N–H and O–H groups in total. The van der Waals surface area contributed by atoms with E-state index in [1.54, 1.807) is 7.11 Å². The summed E-state index contributed by atoms with van der Waals surface area (Å²) in [5.74, 6) is 0.0466. The Balaban J connectivity index is 1.74. The highest BCUT2D eigenvalue weighted by molar-refractivity contribution is 5.78. The summed E-state index contributed by atoms with van der Waals surface area (Å²) in [6.45, 7) is 5.87. The molecule has 124 valence electrons. The number of hydrogen-bond acceptors (Lipinski definition) is 5. The molecule has 0 unspecified atom stereocenters. The van der Waals surface area contributed by atoms with E-state index in [9.17, 15) is 4.79 Å². The Bertz CT molecular complexity index is 548. The summed E-state index contributed by atoms with van der Waals surface area (Å²) >= 11 is 0. The van der Waals surface area contributed by atoms with Crippen LogP contribution in [0.1, 0.15) is 11.1 Å². The maximum absolute atomic E-state index is 11.8. The maximum Gasteiger partial charge on any atom is 0.234 e. The number of nitrogens with one attached hydrogen (secondary N) is 1. The molecule has 1 aromatic rings. The van der Waals surface area contributed by atoms with Crippen molar-refractivity contribution >= 4 is 5.91 Å². The third-order valence-corrected chi connectivity index (χ3v) is 3.99. The van der Waals surface area contributed by atoms with Gasteiger partial charge in [-0.1, -0.05) is 18.2 Å². The predicted molar refractivity (Wildman–Crippen MR) is 87.8 cm³/mol. The van der Waals surface area contributed by atoms with Gasteiger partial charge in [-0.2, -0.15) is 5.26 Å². The summed E-state index contributed by atoms with van der Waals surface area (Å²) in [5, 5.41) is 12.0. The van der Waals surface area contributed by atoms with Crippen LogP contribution in [0.15, 0.2) is 24.3 Å². The highest BCUT2D eigenvalue weighted by Gasteiger charge is 2.19. The van der Waals surface area contributed by atoms with Crippen LogP contribution in [0.5, 0.6) is 0 Å². The van der Waals surface area contributed by atoms with Gasteiger partial charge in [-0.15, -0.1) is 0 Å². The van der Waals surface area contributed by atoms with Crippen LogP contribution in [0.4, 0.5) is 0 Å². The lowest BCUT2D eigenvalue weighted by Gasteiger charge is -2.34. The summed E-state index contributed by atoms with van der Waals surface area (Å²) in [7, 11) is 1.62. The minimum Gasteiger partial charge on any atom is -0.383 e. The molecule has 1 aromatic carbocycles. The smallest absolute Gasteiger partial charge is 0.234 e. The summed E-state index contributed by atoms with van der Waals surface area (Å²) in [5.41, 5.74) is 1.81. The van der Waals surface area contributed by atoms with Gasteiger partial charge in [0, 0.05) is 46.4 Å². The van der Waals surface area contributed by atoms with Gasteiger partial charge in [0.25, 0.3) is 0 Å². The Morgan fingerprint density at radius 3 is 2.65 bits per heavy atom. The summed E-state index contributed by atoms with van der Waals surface area (Å²) in [4.78, 5) is 16.3. The van der Waals surface area contributed by atoms with Crippen LogP contribution in [-0.2, 0) is 16.1 Å². The zero-order valence-corrected chi connectivity index (χ0v) is 13.6. The third kappa shape index (κ3) is 5.64. The number of nitriles is 1. The molecule has 0 radical (unpaired) electrons. The van der Waals surface area contributed by atoms with Gasteiger partial charge >= 0.3 is 0 Å². The van der Waals surface area contributed by atoms with Gasteiger partial charge in [-0.25, -0.2) is 0 Å². The lowest BCUT2D eigenvalue weighted by Crippen LogP contribution is -2.49. The minimum atomic E-state index is 0.0466. The molecule has 1 aliphatic rings. The van der Waals surface area contributed by atoms with Gasteiger partial charge in [-0.05, 0) is 11.6 Å². The first kappa shape index (κ1) is 17.4. The molecule has 6 heteroatoms. The summed E-state index contributed by atoms with van der Waals surface area (Å²) < 4.78 is 4.91. The zero-order chi connectivity index (χ0) is 16.5. The number of methoxy groups -OCH3 is 1. The maximum atomic E-state index is 11.8. The van der Waals surface area contributed by atoms with Crippen LogP contribution in [0, 0.1) is 11.3 Å². The lowest BCUT2D eigenvalue weighted by atomic mass is 10.1. The van der Waals surface area contributed by atoms with Crippen LogP contribution >= 0.6 is 0 Å². The van der Waals surface area contributed by atoms with Gasteiger partial charge < -0.3 is 10.1 Å². The number of hydrogen-bond donors (Lipinski definition) is 1. The van der Waals surface area contributed by atoms with Crippen LogP contribution in [-0.4, -0.2) is 68.7 Å². The summed E-state index contributed by atoms with van der Waals surface area (Å²) in [6, 6.07) is 9.97. The van der Waals surface area contributed by atoms with Gasteiger partial charge in [0.05, 0.1) is 24.8 Å². The van der Waals surface area contributed by atoms with Gasteiger partial charge in [0.2, 0.25) is 5.91 Å². The molecule has 6 nitrogen and oxygen atoms in total. The number of benzene rings is 1. The number of nitrogens with zero attached hydrogens (tertiary/aromatic N) is 3. The highest BCUT2D eigenvalue weighted by atomic mass is 16.5. The first-order chi connectivity index (χ1) is 11.2. The standard InChI is InChI=1S/C17H24N4O2/c1-23-11-6-19-17(22)14-21-9-7-20(8-10-21)13-16-5-3-2-4-15(16)12-18/h2-5H,6-11,13-14H2,1H3,(H,19,22). The van der Waals surface area contributed by atoms with Crippen molar-refractivity contribution < 1.29 is 9.53 Å². The Morgan fingerprint density at radius 1 is 1.26 bits per heavy atom. The molecule has 23 heavy (non-hydrogen) atoms. The van der Waals surface area contributed by atoms with Crippen molar-refractivity contribution in [2.45, 2.75) is 6.54 Å². The fourth-order valence-electron chi connectivity index (χ4n) is 2.67. The molecular weight excluding hydrogens is 292 g/mol. The van der Waals surface area contributed by atoms with Crippen LogP contribution in [0.25, 0.3) is 0 Å². The van der Waals surface area contributed by atoms with E-state index in [4.69, 9.17) is 10.00 Å². The topological polar surface area (TPSA) is 68.6 Å². The van der Waals surface area contributed by atoms with Crippen molar-refractivity contribution in [3.8, 4) is 6.07 Å². The minimum absolute atomic E-state index is 0.0466. The Morgan fingerprint density at radius 2 is 1.96 bits per heavy atom. The molecule has 1 amide bonds. The molecule has 0 aliphatic carbocycles. The lowest BCUT2D eigenvalue weighted by molar-refractivity contribution is -0.122. The molecule has 1 aliphatic heterocycles. The number of carbonyl (C=O) groups is 1. The first-order valence-corrected chi connectivity index (χ1v) is 7.91. The molecule has 0 spiro atoms. The molecule has 2 rings (SSSR count). The first-order valence-electron chi connectivity index (χ1n) is 7.91. The van der Waals surface area contributed by atoms with Crippen molar-refractivity contribution in [3.63, 3.8) is 0 Å². The third-order valence-electron chi connectivity index (χ3n) is 3.99. The monoisotopic (exact) mass is 316 g/mol. The van der Waals surface area contributed by atoms with Crippen LogP contribution < -0.4 is 5.32 Å². The molecule has 0 saturated carbocycles. The Labute approximate surface area is 137 Å². The van der Waals surface area contributed by atoms with Crippen molar-refractivity contribution in [3.05, 3.63) is 35.4 Å². The van der Waals surface area contributed by atoms with Crippen LogP contribution in [0.3, 0.4) is 0 Å². The van der Waals surface area contributed by atoms with E-state index in [2.05, 4.69) is 21.2 Å². The SMILES string of the molecule is COCCNC(=O)CN1CCN(Cc2ccccc2C#N)CC1. The van der Waals surface area contributed by atoms with Crippen molar-refractivity contribution in [2.75, 3.05) is 53.0 Å². The largest absolute Gasteiger partial charge is 0.383 e. The fraction of sp³-hybridized carbons (Fsp3) is 0.529. The second-order valence-electron chi connectivity index (χ2n) is 5.66. The fourth-order valence-corrected chi connectivity index (χ4v) is 2.67. The molecular formula is C17H24N4O2. The zero-order valence-electron chi connectivity index (χ0n) is 13.6. The Hall–Kier alpha value is -1.94. The van der Waals surface area contributed by atoms with Crippen LogP contribution in [0.2, 0.25) is 0 Å². The molecule has 1 heterocycles. The number of carbonyl (C=O) groups excluding carboxylic acids is 1. The normalized spacial score (nSPS) is 16.0. The van der Waals surface area contributed by atoms with Crippen molar-refractivity contribution in [1.82, 2.24) is 15.1 Å². The van der Waals surface area contributed by atoms with Gasteiger partial charge in [0.15, 0.2) is 0 Å². The molecule has 0 atom stereocenters. The second-order valence-corrected chi connectivity index (χ2v) is 5.66. The second kappa shape index (κ2) is 9.26. The van der Waals surface area contributed by atoms with Gasteiger partial charge in [-0.3, -0.25) is 14.6 Å². The number of ether oxygens (including phenoxy) is 1. The quantitative estimate of drug-likeness (QED) is 0.739. The predicted octanol–water partition coefficient (Wildman–Crippen LogP) is 0.438. The number of piperazine rings is 1. The molecule has 1 saturated heterocycles. The van der Waals surface area contributed by atoms with E-state index in [1.807, 2.05) is 24.3 Å². The van der Waals surface area contributed by atoms with E-state index in [-0.39, 0.29) is 5.91 Å². The van der Waals surface area contributed by atoms with E-state index in [0.717, 1.165) is 43.9 Å². The molecule has 0 bridgehead atoms. The van der Waals surface area contributed by atoms with Crippen molar-refractivity contribution in [1.29, 1.82) is 5.26 Å². The molecule has 1 fully saturated rings. The van der Waals surface area contributed by atoms with Crippen molar-refractivity contribution in [2.24, 2.45) is 0 Å². The highest BCUT2D eigenvalue weighted by Crippen LogP contribution is 2.12. The van der Waals surface area contributed by atoms with E-state index >= 15 is 0 Å². The Kier molecular flexibility index (Phi) is 7.01. The number of rotatable bonds is 7. The van der Waals surface area contributed by atoms with E-state index < -0.39 is 0 Å². The average Bonchev–Trinajstić information content (AvgIpc) is 2.57. The van der Waals surface area contributed by atoms with E-state index in [1.165, 1.54) is 0 Å².